The number of nitrogens with zero attached hydrogens (tertiary/aromatic N) is 3. The summed E-state index contributed by atoms with van der Waals surface area (Å²) in [6.45, 7) is 2.25. The first kappa shape index (κ1) is 19.6. The zero-order valence-electron chi connectivity index (χ0n) is 16.4. The van der Waals surface area contributed by atoms with E-state index in [1.54, 1.807) is 29.9 Å². The average Bonchev–Trinajstić information content (AvgIpc) is 3.01. The van der Waals surface area contributed by atoms with Crippen LogP contribution in [0.2, 0.25) is 5.02 Å². The second kappa shape index (κ2) is 7.99. The summed E-state index contributed by atoms with van der Waals surface area (Å²) in [6, 6.07) is 6.37. The van der Waals surface area contributed by atoms with E-state index >= 15 is 0 Å². The molecule has 3 aromatic rings. The summed E-state index contributed by atoms with van der Waals surface area (Å²) in [4.78, 5) is 21.5. The third-order valence-electron chi connectivity index (χ3n) is 5.52. The number of anilines is 2. The van der Waals surface area contributed by atoms with Gasteiger partial charge in [0.15, 0.2) is 5.65 Å². The molecule has 6 nitrogen and oxygen atoms in total. The van der Waals surface area contributed by atoms with Gasteiger partial charge in [-0.1, -0.05) is 24.6 Å². The molecule has 0 atom stereocenters. The second-order valence-electron chi connectivity index (χ2n) is 7.71. The van der Waals surface area contributed by atoms with Crippen molar-refractivity contribution < 1.29 is 9.18 Å². The molecule has 2 aromatic heterocycles. The molecular weight excluding hydrogens is 393 g/mol. The highest BCUT2D eigenvalue weighted by Crippen LogP contribution is 2.29. The van der Waals surface area contributed by atoms with Crippen LogP contribution in [0.25, 0.3) is 11.2 Å². The van der Waals surface area contributed by atoms with Gasteiger partial charge in [-0.25, -0.2) is 14.4 Å². The molecule has 1 aromatic carbocycles. The van der Waals surface area contributed by atoms with Crippen molar-refractivity contribution >= 4 is 40.3 Å². The number of halogens is 2. The van der Waals surface area contributed by atoms with Crippen molar-refractivity contribution in [2.45, 2.75) is 38.6 Å². The van der Waals surface area contributed by atoms with Crippen LogP contribution in [-0.2, 0) is 7.05 Å². The first-order chi connectivity index (χ1) is 13.9. The first-order valence-electron chi connectivity index (χ1n) is 9.76. The molecule has 0 aliphatic heterocycles. The lowest BCUT2D eigenvalue weighted by Gasteiger charge is -2.26. The fourth-order valence-electron chi connectivity index (χ4n) is 3.71. The number of amides is 1. The molecule has 2 N–H and O–H groups in total. The van der Waals surface area contributed by atoms with E-state index < -0.39 is 5.82 Å². The average molecular weight is 416 g/mol. The molecule has 1 aliphatic rings. The number of para-hydroxylation sites is 1. The van der Waals surface area contributed by atoms with E-state index in [1.807, 2.05) is 0 Å². The molecule has 0 spiro atoms. The Bertz CT molecular complexity index is 1040. The zero-order chi connectivity index (χ0) is 20.5. The Morgan fingerprint density at radius 2 is 2.03 bits per heavy atom. The van der Waals surface area contributed by atoms with Gasteiger partial charge in [-0.05, 0) is 49.8 Å². The van der Waals surface area contributed by atoms with Crippen LogP contribution in [0.15, 0.2) is 30.5 Å². The van der Waals surface area contributed by atoms with Crippen LogP contribution in [0.5, 0.6) is 0 Å². The molecule has 152 valence electrons. The third-order valence-corrected chi connectivity index (χ3v) is 5.84. The molecular formula is C21H23ClFN5O. The fourth-order valence-corrected chi connectivity index (χ4v) is 3.92. The molecule has 1 fully saturated rings. The highest BCUT2D eigenvalue weighted by molar-refractivity contribution is 6.33. The Morgan fingerprint density at radius 3 is 2.76 bits per heavy atom. The van der Waals surface area contributed by atoms with Gasteiger partial charge >= 0.3 is 0 Å². The van der Waals surface area contributed by atoms with Gasteiger partial charge in [-0.2, -0.15) is 0 Å². The van der Waals surface area contributed by atoms with Crippen LogP contribution < -0.4 is 10.6 Å². The quantitative estimate of drug-likeness (QED) is 0.641. The van der Waals surface area contributed by atoms with Crippen LogP contribution in [0.4, 0.5) is 16.0 Å². The lowest BCUT2D eigenvalue weighted by molar-refractivity contribution is 0.0923. The zero-order valence-corrected chi connectivity index (χ0v) is 17.1. The van der Waals surface area contributed by atoms with Crippen molar-refractivity contribution in [1.82, 2.24) is 19.9 Å². The van der Waals surface area contributed by atoms with E-state index in [9.17, 15) is 9.18 Å². The number of benzene rings is 1. The Hall–Kier alpha value is -2.67. The van der Waals surface area contributed by atoms with E-state index in [1.165, 1.54) is 12.1 Å². The number of carbonyl (C=O) groups excluding carboxylic acids is 1. The van der Waals surface area contributed by atoms with E-state index in [0.29, 0.717) is 22.7 Å². The van der Waals surface area contributed by atoms with Crippen molar-refractivity contribution in [1.29, 1.82) is 0 Å². The van der Waals surface area contributed by atoms with E-state index in [0.717, 1.165) is 31.6 Å². The summed E-state index contributed by atoms with van der Waals surface area (Å²) >= 11 is 6.09. The maximum atomic E-state index is 14.1. The topological polar surface area (TPSA) is 71.8 Å². The summed E-state index contributed by atoms with van der Waals surface area (Å²) in [7, 11) is 1.77. The van der Waals surface area contributed by atoms with Crippen molar-refractivity contribution in [2.75, 3.05) is 5.32 Å². The number of fused-ring (bicyclic) bond motifs is 1. The number of pyridine rings is 1. The van der Waals surface area contributed by atoms with Crippen LogP contribution in [0, 0.1) is 11.7 Å². The highest BCUT2D eigenvalue weighted by atomic mass is 35.5. The molecule has 4 rings (SSSR count). The molecule has 29 heavy (non-hydrogen) atoms. The number of rotatable bonds is 4. The second-order valence-corrected chi connectivity index (χ2v) is 8.12. The van der Waals surface area contributed by atoms with Crippen molar-refractivity contribution in [3.05, 3.63) is 46.9 Å². The number of nitrogens with one attached hydrogen (secondary N) is 2. The molecule has 0 saturated heterocycles. The normalized spacial score (nSPS) is 19.3. The summed E-state index contributed by atoms with van der Waals surface area (Å²) < 4.78 is 15.8. The summed E-state index contributed by atoms with van der Waals surface area (Å²) in [6.07, 6.45) is 5.82. The predicted octanol–water partition coefficient (Wildman–Crippen LogP) is 4.81. The number of hydrogen-bond donors (Lipinski definition) is 2. The number of carbonyl (C=O) groups is 1. The molecule has 0 radical (unpaired) electrons. The van der Waals surface area contributed by atoms with Crippen LogP contribution in [-0.4, -0.2) is 26.5 Å². The van der Waals surface area contributed by atoms with Crippen molar-refractivity contribution in [2.24, 2.45) is 13.0 Å². The van der Waals surface area contributed by atoms with Crippen molar-refractivity contribution in [3.8, 4) is 0 Å². The van der Waals surface area contributed by atoms with Gasteiger partial charge in [0, 0.05) is 19.3 Å². The van der Waals surface area contributed by atoms with Gasteiger partial charge in [0.05, 0.1) is 16.3 Å². The lowest BCUT2D eigenvalue weighted by atomic mass is 9.87. The van der Waals surface area contributed by atoms with E-state index in [2.05, 4.69) is 27.5 Å². The summed E-state index contributed by atoms with van der Waals surface area (Å²) in [5, 5.41) is 6.28. The van der Waals surface area contributed by atoms with Crippen LogP contribution in [0.1, 0.15) is 43.0 Å². The number of aryl methyl sites for hydroxylation is 1. The Kier molecular flexibility index (Phi) is 5.41. The number of imidazole rings is 1. The monoisotopic (exact) mass is 415 g/mol. The maximum Gasteiger partial charge on any atom is 0.253 e. The third kappa shape index (κ3) is 4.05. The van der Waals surface area contributed by atoms with Gasteiger partial charge in [0.25, 0.3) is 5.91 Å². The predicted molar refractivity (Wildman–Crippen MR) is 112 cm³/mol. The molecule has 1 saturated carbocycles. The van der Waals surface area contributed by atoms with Gasteiger partial charge in [0.2, 0.25) is 5.95 Å². The Morgan fingerprint density at radius 1 is 1.28 bits per heavy atom. The SMILES string of the molecule is CC1CCC(NC(=O)c2cnc3c(c2)nc(Nc2c(F)cccc2Cl)n3C)CC1. The molecule has 1 aliphatic carbocycles. The molecule has 8 heteroatoms. The van der Waals surface area contributed by atoms with Crippen molar-refractivity contribution in [3.63, 3.8) is 0 Å². The minimum Gasteiger partial charge on any atom is -0.349 e. The van der Waals surface area contributed by atoms with Crippen LogP contribution >= 0.6 is 11.6 Å². The minimum absolute atomic E-state index is 0.142. The smallest absolute Gasteiger partial charge is 0.253 e. The number of hydrogen-bond acceptors (Lipinski definition) is 4. The van der Waals surface area contributed by atoms with E-state index in [4.69, 9.17) is 11.6 Å². The fraction of sp³-hybridized carbons (Fsp3) is 0.381. The van der Waals surface area contributed by atoms with Gasteiger partial charge < -0.3 is 10.6 Å². The maximum absolute atomic E-state index is 14.1. The van der Waals surface area contributed by atoms with Gasteiger partial charge in [-0.3, -0.25) is 9.36 Å². The summed E-state index contributed by atoms with van der Waals surface area (Å²) in [5.41, 5.74) is 1.75. The van der Waals surface area contributed by atoms with Gasteiger partial charge in [0.1, 0.15) is 11.3 Å². The molecule has 0 unspecified atom stereocenters. The Labute approximate surface area is 173 Å². The molecule has 1 amide bonds. The largest absolute Gasteiger partial charge is 0.349 e. The van der Waals surface area contributed by atoms with Gasteiger partial charge in [-0.15, -0.1) is 0 Å². The van der Waals surface area contributed by atoms with Crippen LogP contribution in [0.3, 0.4) is 0 Å². The lowest BCUT2D eigenvalue weighted by Crippen LogP contribution is -2.37. The summed E-state index contributed by atoms with van der Waals surface area (Å²) in [5.74, 6) is 0.498. The first-order valence-corrected chi connectivity index (χ1v) is 10.1. The standard InChI is InChI=1S/C21H23ClFN5O/c1-12-6-8-14(9-7-12)25-20(29)13-10-17-19(24-11-13)28(2)21(26-17)27-18-15(22)4-3-5-16(18)23/h3-5,10-12,14H,6-9H2,1-2H3,(H,25,29)(H,26,27). The number of aromatic nitrogens is 3. The molecule has 2 heterocycles. The van der Waals surface area contributed by atoms with E-state index in [-0.39, 0.29) is 22.7 Å². The highest BCUT2D eigenvalue weighted by Gasteiger charge is 2.21. The Balaban J connectivity index is 1.56. The molecule has 0 bridgehead atoms. The minimum atomic E-state index is -0.473.